The second kappa shape index (κ2) is 8.16. The topological polar surface area (TPSA) is 85.1 Å². The molecule has 2 amide bonds. The molecule has 1 saturated heterocycles. The Morgan fingerprint density at radius 1 is 1.14 bits per heavy atom. The average Bonchev–Trinajstić information content (AvgIpc) is 3.32. The maximum Gasteiger partial charge on any atom is 0.277 e. The van der Waals surface area contributed by atoms with Gasteiger partial charge in [0.25, 0.3) is 11.8 Å². The van der Waals surface area contributed by atoms with Crippen LogP contribution in [-0.2, 0) is 4.79 Å². The molecule has 0 bridgehead atoms. The van der Waals surface area contributed by atoms with Crippen LogP contribution in [0.25, 0.3) is 6.08 Å². The molecule has 148 valence electrons. The number of aryl methyl sites for hydroxylation is 2. The lowest BCUT2D eigenvalue weighted by Gasteiger charge is -2.26. The minimum atomic E-state index is -0.289. The molecule has 2 aromatic rings. The quantitative estimate of drug-likeness (QED) is 0.736. The summed E-state index contributed by atoms with van der Waals surface area (Å²) in [5.41, 5.74) is 1.62. The third-order valence-corrected chi connectivity index (χ3v) is 4.61. The van der Waals surface area contributed by atoms with Crippen LogP contribution in [0.1, 0.15) is 33.8 Å². The van der Waals surface area contributed by atoms with E-state index in [2.05, 4.69) is 5.16 Å². The van der Waals surface area contributed by atoms with E-state index in [-0.39, 0.29) is 11.8 Å². The molecular weight excluding hydrogens is 362 g/mol. The lowest BCUT2D eigenvalue weighted by atomic mass is 10.1. The number of hydrogen-bond donors (Lipinski definition) is 0. The van der Waals surface area contributed by atoms with E-state index in [9.17, 15) is 9.59 Å². The number of carbonyl (C=O) groups excluding carboxylic acids is 2. The van der Waals surface area contributed by atoms with Crippen molar-refractivity contribution < 1.29 is 23.6 Å². The highest BCUT2D eigenvalue weighted by atomic mass is 16.5. The van der Waals surface area contributed by atoms with Gasteiger partial charge in [0.05, 0.1) is 19.9 Å². The summed E-state index contributed by atoms with van der Waals surface area (Å²) >= 11 is 0. The van der Waals surface area contributed by atoms with Crippen molar-refractivity contribution >= 4 is 17.9 Å². The fourth-order valence-electron chi connectivity index (χ4n) is 3.19. The Balaban J connectivity index is 1.80. The molecule has 1 aliphatic rings. The molecule has 1 aromatic carbocycles. The maximum atomic E-state index is 12.9. The average molecular weight is 385 g/mol. The van der Waals surface area contributed by atoms with Gasteiger partial charge in [-0.05, 0) is 44.5 Å². The zero-order valence-corrected chi connectivity index (χ0v) is 16.4. The molecule has 0 aliphatic carbocycles. The second-order valence-corrected chi connectivity index (χ2v) is 6.38. The van der Waals surface area contributed by atoms with Gasteiger partial charge in [0.2, 0.25) is 0 Å². The Kier molecular flexibility index (Phi) is 5.67. The Bertz CT molecular complexity index is 899. The highest BCUT2D eigenvalue weighted by molar-refractivity contribution is 5.99. The lowest BCUT2D eigenvalue weighted by molar-refractivity contribution is -0.134. The minimum Gasteiger partial charge on any atom is -0.497 e. The van der Waals surface area contributed by atoms with Gasteiger partial charge in [0.1, 0.15) is 22.8 Å². The number of hydrazine groups is 1. The van der Waals surface area contributed by atoms with Crippen molar-refractivity contribution in [3.63, 3.8) is 0 Å². The van der Waals surface area contributed by atoms with Crippen molar-refractivity contribution in [2.45, 2.75) is 20.3 Å². The van der Waals surface area contributed by atoms with Gasteiger partial charge in [0.15, 0.2) is 0 Å². The third kappa shape index (κ3) is 3.71. The summed E-state index contributed by atoms with van der Waals surface area (Å²) in [4.78, 5) is 25.7. The molecule has 3 rings (SSSR count). The minimum absolute atomic E-state index is 0.283. The maximum absolute atomic E-state index is 12.9. The SMILES string of the molecule is COc1ccc(OC)c(/C=C/C(=O)N2CCCN2C(=O)c2c(C)noc2C)c1. The molecule has 1 aromatic heterocycles. The van der Waals surface area contributed by atoms with Gasteiger partial charge in [-0.15, -0.1) is 0 Å². The third-order valence-electron chi connectivity index (χ3n) is 4.61. The summed E-state index contributed by atoms with van der Waals surface area (Å²) in [5, 5.41) is 6.71. The summed E-state index contributed by atoms with van der Waals surface area (Å²) in [5.74, 6) is 1.15. The molecule has 0 unspecified atom stereocenters. The molecule has 28 heavy (non-hydrogen) atoms. The predicted molar refractivity (Wildman–Crippen MR) is 102 cm³/mol. The first kappa shape index (κ1) is 19.5. The predicted octanol–water partition coefficient (Wildman–Crippen LogP) is 2.61. The van der Waals surface area contributed by atoms with E-state index < -0.39 is 0 Å². The van der Waals surface area contributed by atoms with Crippen molar-refractivity contribution in [1.29, 1.82) is 0 Å². The summed E-state index contributed by atoms with van der Waals surface area (Å²) in [7, 11) is 3.13. The second-order valence-electron chi connectivity index (χ2n) is 6.38. The number of aromatic nitrogens is 1. The molecule has 1 fully saturated rings. The van der Waals surface area contributed by atoms with Crippen LogP contribution in [0.2, 0.25) is 0 Å². The van der Waals surface area contributed by atoms with Crippen molar-refractivity contribution in [3.8, 4) is 11.5 Å². The number of amides is 2. The van der Waals surface area contributed by atoms with Crippen LogP contribution < -0.4 is 9.47 Å². The first-order valence-electron chi connectivity index (χ1n) is 8.92. The van der Waals surface area contributed by atoms with E-state index >= 15 is 0 Å². The Morgan fingerprint density at radius 3 is 2.54 bits per heavy atom. The van der Waals surface area contributed by atoms with E-state index in [4.69, 9.17) is 14.0 Å². The highest BCUT2D eigenvalue weighted by Crippen LogP contribution is 2.26. The Labute approximate surface area is 163 Å². The number of carbonyl (C=O) groups is 2. The van der Waals surface area contributed by atoms with Crippen LogP contribution >= 0.6 is 0 Å². The monoisotopic (exact) mass is 385 g/mol. The molecule has 0 N–H and O–H groups in total. The van der Waals surface area contributed by atoms with Crippen LogP contribution in [0.4, 0.5) is 0 Å². The van der Waals surface area contributed by atoms with Crippen LogP contribution in [0.5, 0.6) is 11.5 Å². The van der Waals surface area contributed by atoms with Crippen molar-refractivity contribution in [1.82, 2.24) is 15.2 Å². The van der Waals surface area contributed by atoms with Gasteiger partial charge in [-0.25, -0.2) is 10.0 Å². The zero-order valence-electron chi connectivity index (χ0n) is 16.4. The number of nitrogens with zero attached hydrogens (tertiary/aromatic N) is 3. The number of ether oxygens (including phenoxy) is 2. The summed E-state index contributed by atoms with van der Waals surface area (Å²) in [6.07, 6.45) is 3.79. The van der Waals surface area contributed by atoms with E-state index in [1.54, 1.807) is 52.3 Å². The smallest absolute Gasteiger partial charge is 0.277 e. The van der Waals surface area contributed by atoms with E-state index in [0.29, 0.717) is 53.6 Å². The number of benzene rings is 1. The zero-order chi connectivity index (χ0) is 20.3. The standard InChI is InChI=1S/C20H23N3O5/c1-13-19(14(2)28-21-13)20(25)23-11-5-10-22(23)18(24)9-6-15-12-16(26-3)7-8-17(15)27-4/h6-9,12H,5,10-11H2,1-4H3/b9-6+. The largest absolute Gasteiger partial charge is 0.497 e. The van der Waals surface area contributed by atoms with E-state index in [1.807, 2.05) is 0 Å². The highest BCUT2D eigenvalue weighted by Gasteiger charge is 2.33. The van der Waals surface area contributed by atoms with Crippen molar-refractivity contribution in [2.24, 2.45) is 0 Å². The molecular formula is C20H23N3O5. The van der Waals surface area contributed by atoms with Crippen LogP contribution in [0.3, 0.4) is 0 Å². The van der Waals surface area contributed by atoms with Gasteiger partial charge in [0, 0.05) is 24.7 Å². The van der Waals surface area contributed by atoms with Gasteiger partial charge >= 0.3 is 0 Å². The molecule has 1 aliphatic heterocycles. The number of methoxy groups -OCH3 is 2. The van der Waals surface area contributed by atoms with Crippen molar-refractivity contribution in [2.75, 3.05) is 27.3 Å². The normalized spacial score (nSPS) is 14.0. The molecule has 0 spiro atoms. The molecule has 0 atom stereocenters. The molecule has 8 heteroatoms. The number of hydrogen-bond acceptors (Lipinski definition) is 6. The van der Waals surface area contributed by atoms with Gasteiger partial charge in [-0.3, -0.25) is 9.59 Å². The lowest BCUT2D eigenvalue weighted by Crippen LogP contribution is -2.44. The van der Waals surface area contributed by atoms with Crippen LogP contribution in [0.15, 0.2) is 28.8 Å². The molecule has 2 heterocycles. The van der Waals surface area contributed by atoms with Crippen molar-refractivity contribution in [3.05, 3.63) is 46.9 Å². The first-order valence-corrected chi connectivity index (χ1v) is 8.92. The van der Waals surface area contributed by atoms with Gasteiger partial charge in [-0.1, -0.05) is 5.16 Å². The van der Waals surface area contributed by atoms with Crippen LogP contribution in [0, 0.1) is 13.8 Å². The Morgan fingerprint density at radius 2 is 1.89 bits per heavy atom. The fraction of sp³-hybridized carbons (Fsp3) is 0.350. The van der Waals surface area contributed by atoms with Gasteiger partial charge in [-0.2, -0.15) is 0 Å². The fourth-order valence-corrected chi connectivity index (χ4v) is 3.19. The summed E-state index contributed by atoms with van der Waals surface area (Å²) < 4.78 is 15.6. The Hall–Kier alpha value is -3.29. The van der Waals surface area contributed by atoms with E-state index in [1.165, 1.54) is 16.1 Å². The van der Waals surface area contributed by atoms with Gasteiger partial charge < -0.3 is 14.0 Å². The molecule has 0 radical (unpaired) electrons. The summed E-state index contributed by atoms with van der Waals surface area (Å²) in [6, 6.07) is 5.33. The molecule has 0 saturated carbocycles. The summed E-state index contributed by atoms with van der Waals surface area (Å²) in [6.45, 7) is 4.32. The molecule has 8 nitrogen and oxygen atoms in total. The van der Waals surface area contributed by atoms with E-state index in [0.717, 1.165) is 0 Å². The number of rotatable bonds is 5. The first-order chi connectivity index (χ1) is 13.5. The van der Waals surface area contributed by atoms with Crippen LogP contribution in [-0.4, -0.2) is 54.3 Å².